The molecular weight excluding hydrogens is 392 g/mol. The highest BCUT2D eigenvalue weighted by atomic mass is 16.6. The number of hydrogen-bond acceptors (Lipinski definition) is 4. The second kappa shape index (κ2) is 8.83. The van der Waals surface area contributed by atoms with Crippen LogP contribution in [0.25, 0.3) is 11.6 Å². The van der Waals surface area contributed by atoms with Gasteiger partial charge in [0.25, 0.3) is 11.6 Å². The van der Waals surface area contributed by atoms with Crippen LogP contribution in [0.5, 0.6) is 5.75 Å². The first-order valence-corrected chi connectivity index (χ1v) is 10.2. The molecule has 0 saturated heterocycles. The van der Waals surface area contributed by atoms with Crippen molar-refractivity contribution < 1.29 is 14.5 Å². The predicted molar refractivity (Wildman–Crippen MR) is 121 cm³/mol. The molecule has 0 saturated carbocycles. The maximum Gasteiger partial charge on any atom is 0.269 e. The first kappa shape index (κ1) is 20.3. The molecule has 0 spiro atoms. The molecule has 3 aromatic carbocycles. The molecule has 4 rings (SSSR count). The molecule has 0 radical (unpaired) electrons. The average Bonchev–Trinajstić information content (AvgIpc) is 3.05. The molecule has 0 atom stereocenters. The van der Waals surface area contributed by atoms with E-state index in [4.69, 9.17) is 4.74 Å². The Kier molecular flexibility index (Phi) is 5.80. The van der Waals surface area contributed by atoms with Crippen molar-refractivity contribution in [2.45, 2.75) is 20.0 Å². The van der Waals surface area contributed by atoms with E-state index in [0.717, 1.165) is 28.8 Å². The Morgan fingerprint density at radius 3 is 2.55 bits per heavy atom. The van der Waals surface area contributed by atoms with E-state index in [9.17, 15) is 14.9 Å². The molecule has 0 aromatic heterocycles. The van der Waals surface area contributed by atoms with Crippen molar-refractivity contribution in [3.05, 3.63) is 99.6 Å². The fourth-order valence-corrected chi connectivity index (χ4v) is 3.65. The number of amides is 1. The van der Waals surface area contributed by atoms with Crippen LogP contribution in [-0.2, 0) is 11.4 Å². The molecule has 0 aliphatic carbocycles. The molecule has 0 N–H and O–H groups in total. The smallest absolute Gasteiger partial charge is 0.269 e. The molecule has 0 unspecified atom stereocenters. The summed E-state index contributed by atoms with van der Waals surface area (Å²) in [5.41, 5.74) is 4.27. The van der Waals surface area contributed by atoms with Crippen LogP contribution < -0.4 is 9.64 Å². The summed E-state index contributed by atoms with van der Waals surface area (Å²) in [6.07, 6.45) is 2.80. The minimum Gasteiger partial charge on any atom is -0.489 e. The van der Waals surface area contributed by atoms with Crippen molar-refractivity contribution in [2.75, 3.05) is 11.4 Å². The first-order chi connectivity index (χ1) is 15.1. The lowest BCUT2D eigenvalue weighted by atomic mass is 10.0. The van der Waals surface area contributed by atoms with Gasteiger partial charge in [-0.05, 0) is 41.8 Å². The summed E-state index contributed by atoms with van der Waals surface area (Å²) in [6.45, 7) is 2.99. The normalized spacial score (nSPS) is 14.0. The van der Waals surface area contributed by atoms with Crippen LogP contribution >= 0.6 is 0 Å². The van der Waals surface area contributed by atoms with E-state index >= 15 is 0 Å². The molecule has 156 valence electrons. The number of rotatable bonds is 7. The van der Waals surface area contributed by atoms with Crippen molar-refractivity contribution in [1.82, 2.24) is 0 Å². The monoisotopic (exact) mass is 414 g/mol. The van der Waals surface area contributed by atoms with Crippen molar-refractivity contribution in [3.63, 3.8) is 0 Å². The van der Waals surface area contributed by atoms with Crippen LogP contribution in [0.3, 0.4) is 0 Å². The summed E-state index contributed by atoms with van der Waals surface area (Å²) in [4.78, 5) is 25.2. The highest BCUT2D eigenvalue weighted by Crippen LogP contribution is 2.37. The van der Waals surface area contributed by atoms with Gasteiger partial charge in [-0.25, -0.2) is 0 Å². The van der Waals surface area contributed by atoms with E-state index in [1.807, 2.05) is 59.5 Å². The van der Waals surface area contributed by atoms with Crippen LogP contribution in [0.2, 0.25) is 0 Å². The predicted octanol–water partition coefficient (Wildman–Crippen LogP) is 5.47. The Morgan fingerprint density at radius 1 is 1.03 bits per heavy atom. The fraction of sp³-hybridized carbons (Fsp3) is 0.160. The summed E-state index contributed by atoms with van der Waals surface area (Å²) in [5, 5.41) is 10.9. The molecular formula is C25H22N2O4. The number of nitro groups is 1. The van der Waals surface area contributed by atoms with Gasteiger partial charge in [0.1, 0.15) is 12.4 Å². The molecule has 0 bridgehead atoms. The Hall–Kier alpha value is -3.93. The SMILES string of the molecule is CCCN1C(=O)/C(=C\c2ccc(OCc3cccc([N+](=O)[O-])c3)cc2)c2ccccc21. The van der Waals surface area contributed by atoms with Crippen molar-refractivity contribution in [2.24, 2.45) is 0 Å². The number of carbonyl (C=O) groups is 1. The quantitative estimate of drug-likeness (QED) is 0.292. The van der Waals surface area contributed by atoms with Crippen molar-refractivity contribution >= 4 is 28.9 Å². The van der Waals surface area contributed by atoms with Crippen LogP contribution in [-0.4, -0.2) is 17.4 Å². The summed E-state index contributed by atoms with van der Waals surface area (Å²) >= 11 is 0. The van der Waals surface area contributed by atoms with E-state index in [-0.39, 0.29) is 18.2 Å². The lowest BCUT2D eigenvalue weighted by molar-refractivity contribution is -0.384. The lowest BCUT2D eigenvalue weighted by Gasteiger charge is -2.15. The molecule has 31 heavy (non-hydrogen) atoms. The number of hydrogen-bond donors (Lipinski definition) is 0. The molecule has 1 amide bonds. The third kappa shape index (κ3) is 4.33. The molecule has 1 heterocycles. The second-order valence-electron chi connectivity index (χ2n) is 7.32. The Labute approximate surface area is 180 Å². The maximum atomic E-state index is 12.9. The van der Waals surface area contributed by atoms with Gasteiger partial charge in [-0.3, -0.25) is 14.9 Å². The van der Waals surface area contributed by atoms with Crippen LogP contribution in [0.15, 0.2) is 72.8 Å². The number of para-hydroxylation sites is 1. The standard InChI is InChI=1S/C25H22N2O4/c1-2-14-26-24-9-4-3-8-22(24)23(25(26)28)16-18-10-12-21(13-11-18)31-17-19-6-5-7-20(15-19)27(29)30/h3-13,15-16H,2,14,17H2,1H3/b23-16-. The van der Waals surface area contributed by atoms with Crippen molar-refractivity contribution in [3.8, 4) is 5.75 Å². The van der Waals surface area contributed by atoms with Gasteiger partial charge in [0.2, 0.25) is 0 Å². The number of benzene rings is 3. The largest absolute Gasteiger partial charge is 0.489 e. The number of nitrogens with zero attached hydrogens (tertiary/aromatic N) is 2. The van der Waals surface area contributed by atoms with E-state index in [1.54, 1.807) is 12.1 Å². The van der Waals surface area contributed by atoms with Gasteiger partial charge in [-0.1, -0.05) is 49.4 Å². The van der Waals surface area contributed by atoms with Gasteiger partial charge in [-0.15, -0.1) is 0 Å². The highest BCUT2D eigenvalue weighted by Gasteiger charge is 2.31. The zero-order valence-electron chi connectivity index (χ0n) is 17.2. The highest BCUT2D eigenvalue weighted by molar-refractivity contribution is 6.35. The fourth-order valence-electron chi connectivity index (χ4n) is 3.65. The molecule has 6 nitrogen and oxygen atoms in total. The van der Waals surface area contributed by atoms with Gasteiger partial charge in [0, 0.05) is 29.8 Å². The molecule has 3 aromatic rings. The van der Waals surface area contributed by atoms with Crippen LogP contribution in [0, 0.1) is 10.1 Å². The number of non-ortho nitro benzene ring substituents is 1. The second-order valence-corrected chi connectivity index (χ2v) is 7.32. The lowest BCUT2D eigenvalue weighted by Crippen LogP contribution is -2.26. The first-order valence-electron chi connectivity index (χ1n) is 10.2. The summed E-state index contributed by atoms with van der Waals surface area (Å²) in [5.74, 6) is 0.675. The van der Waals surface area contributed by atoms with E-state index in [1.165, 1.54) is 12.1 Å². The Morgan fingerprint density at radius 2 is 1.81 bits per heavy atom. The number of ether oxygens (including phenoxy) is 1. The van der Waals surface area contributed by atoms with Crippen molar-refractivity contribution in [1.29, 1.82) is 0 Å². The Bertz CT molecular complexity index is 1150. The third-order valence-corrected chi connectivity index (χ3v) is 5.13. The van der Waals surface area contributed by atoms with Gasteiger partial charge < -0.3 is 9.64 Å². The molecule has 1 aliphatic heterocycles. The summed E-state index contributed by atoms with van der Waals surface area (Å²) < 4.78 is 5.76. The zero-order chi connectivity index (χ0) is 21.8. The van der Waals surface area contributed by atoms with Gasteiger partial charge >= 0.3 is 0 Å². The van der Waals surface area contributed by atoms with Gasteiger partial charge in [-0.2, -0.15) is 0 Å². The van der Waals surface area contributed by atoms with Crippen LogP contribution in [0.1, 0.15) is 30.0 Å². The molecule has 1 aliphatic rings. The van der Waals surface area contributed by atoms with Crippen LogP contribution in [0.4, 0.5) is 11.4 Å². The van der Waals surface area contributed by atoms with E-state index in [2.05, 4.69) is 6.92 Å². The number of carbonyl (C=O) groups excluding carboxylic acids is 1. The number of fused-ring (bicyclic) bond motifs is 1. The maximum absolute atomic E-state index is 12.9. The minimum atomic E-state index is -0.421. The van der Waals surface area contributed by atoms with E-state index < -0.39 is 4.92 Å². The van der Waals surface area contributed by atoms with E-state index in [0.29, 0.717) is 17.9 Å². The Balaban J connectivity index is 1.50. The molecule has 6 heteroatoms. The minimum absolute atomic E-state index is 0.0223. The molecule has 0 fully saturated rings. The zero-order valence-corrected chi connectivity index (χ0v) is 17.2. The van der Waals surface area contributed by atoms with Gasteiger partial charge in [0.15, 0.2) is 0 Å². The number of anilines is 1. The summed E-state index contributed by atoms with van der Waals surface area (Å²) in [6, 6.07) is 21.7. The topological polar surface area (TPSA) is 72.7 Å². The average molecular weight is 414 g/mol. The third-order valence-electron chi connectivity index (χ3n) is 5.13. The number of nitro benzene ring substituents is 1. The van der Waals surface area contributed by atoms with Gasteiger partial charge in [0.05, 0.1) is 10.6 Å². The summed E-state index contributed by atoms with van der Waals surface area (Å²) in [7, 11) is 0.